The van der Waals surface area contributed by atoms with Crippen LogP contribution in [-0.4, -0.2) is 59.5 Å². The van der Waals surface area contributed by atoms with E-state index in [2.05, 4.69) is 41.6 Å². The number of aromatic nitrogens is 6. The predicted molar refractivity (Wildman–Crippen MR) is 99.4 cm³/mol. The maximum atomic E-state index is 11.2. The molecular weight excluding hydrogens is 430 g/mol. The van der Waals surface area contributed by atoms with Crippen LogP contribution in [0.25, 0.3) is 5.69 Å². The number of nitrogens with zero attached hydrogens (tertiary/aromatic N) is 6. The standard InChI is InChI=1S/C17H18BrN7O3/c1-9-22-17(25(23-9)11-5-10(18)6-19-7-11)16-14(26)13(24-4-2-3-20-24)15-12(27-16)8-21-28-15/h2-7,12-16,21,26H,8H2,1H3. The maximum Gasteiger partial charge on any atom is 0.164 e. The highest BCUT2D eigenvalue weighted by Crippen LogP contribution is 2.40. The van der Waals surface area contributed by atoms with Crippen LogP contribution in [0.5, 0.6) is 0 Å². The molecule has 0 radical (unpaired) electrons. The number of hydroxylamine groups is 1. The molecule has 5 atom stereocenters. The van der Waals surface area contributed by atoms with E-state index in [9.17, 15) is 5.11 Å². The molecule has 0 bridgehead atoms. The molecule has 2 fully saturated rings. The number of aliphatic hydroxyl groups is 1. The van der Waals surface area contributed by atoms with Gasteiger partial charge >= 0.3 is 0 Å². The molecule has 28 heavy (non-hydrogen) atoms. The van der Waals surface area contributed by atoms with Crippen LogP contribution in [0.1, 0.15) is 23.8 Å². The monoisotopic (exact) mass is 447 g/mol. The number of pyridine rings is 1. The Labute approximate surface area is 168 Å². The summed E-state index contributed by atoms with van der Waals surface area (Å²) < 4.78 is 10.4. The van der Waals surface area contributed by atoms with Gasteiger partial charge in [0.15, 0.2) is 5.82 Å². The van der Waals surface area contributed by atoms with Gasteiger partial charge < -0.3 is 9.84 Å². The largest absolute Gasteiger partial charge is 0.388 e. The van der Waals surface area contributed by atoms with Gasteiger partial charge in [0.25, 0.3) is 0 Å². The highest BCUT2D eigenvalue weighted by atomic mass is 79.9. The first-order valence-electron chi connectivity index (χ1n) is 8.87. The molecule has 2 saturated heterocycles. The summed E-state index contributed by atoms with van der Waals surface area (Å²) in [5.41, 5.74) is 3.59. The normalized spacial score (nSPS) is 29.8. The Kier molecular flexibility index (Phi) is 4.48. The van der Waals surface area contributed by atoms with Crippen molar-refractivity contribution in [3.8, 4) is 5.69 Å². The summed E-state index contributed by atoms with van der Waals surface area (Å²) in [6.45, 7) is 2.31. The van der Waals surface area contributed by atoms with Crippen molar-refractivity contribution in [2.45, 2.75) is 37.4 Å². The van der Waals surface area contributed by atoms with E-state index < -0.39 is 18.2 Å². The quantitative estimate of drug-likeness (QED) is 0.608. The topological polar surface area (TPSA) is 112 Å². The minimum Gasteiger partial charge on any atom is -0.388 e. The number of ether oxygens (including phenoxy) is 1. The molecule has 2 aliphatic rings. The first-order valence-corrected chi connectivity index (χ1v) is 9.67. The van der Waals surface area contributed by atoms with Crippen LogP contribution in [0.2, 0.25) is 0 Å². The lowest BCUT2D eigenvalue weighted by atomic mass is 9.92. The Morgan fingerprint density at radius 1 is 1.36 bits per heavy atom. The molecule has 0 spiro atoms. The van der Waals surface area contributed by atoms with Crippen LogP contribution in [0.4, 0.5) is 0 Å². The van der Waals surface area contributed by atoms with E-state index in [1.54, 1.807) is 34.9 Å². The van der Waals surface area contributed by atoms with Crippen LogP contribution in [0, 0.1) is 6.92 Å². The molecule has 11 heteroatoms. The molecule has 3 aromatic rings. The van der Waals surface area contributed by atoms with Gasteiger partial charge in [-0.3, -0.25) is 14.5 Å². The van der Waals surface area contributed by atoms with Crippen LogP contribution < -0.4 is 5.48 Å². The summed E-state index contributed by atoms with van der Waals surface area (Å²) in [7, 11) is 0. The van der Waals surface area contributed by atoms with Gasteiger partial charge in [-0.05, 0) is 35.0 Å². The second kappa shape index (κ2) is 7.01. The number of nitrogens with one attached hydrogen (secondary N) is 1. The minimum absolute atomic E-state index is 0.256. The van der Waals surface area contributed by atoms with Crippen molar-refractivity contribution in [3.63, 3.8) is 0 Å². The van der Waals surface area contributed by atoms with E-state index in [0.29, 0.717) is 18.2 Å². The maximum absolute atomic E-state index is 11.2. The van der Waals surface area contributed by atoms with Gasteiger partial charge in [0.2, 0.25) is 0 Å². The summed E-state index contributed by atoms with van der Waals surface area (Å²) in [5.74, 6) is 1.08. The van der Waals surface area contributed by atoms with Gasteiger partial charge in [0.1, 0.15) is 36.3 Å². The van der Waals surface area contributed by atoms with Gasteiger partial charge in [-0.25, -0.2) is 9.67 Å². The Hall–Kier alpha value is -2.18. The molecule has 0 amide bonds. The number of halogens is 1. The average Bonchev–Trinajstić information content (AvgIpc) is 3.41. The molecule has 10 nitrogen and oxygen atoms in total. The highest BCUT2D eigenvalue weighted by molar-refractivity contribution is 9.10. The van der Waals surface area contributed by atoms with Crippen molar-refractivity contribution in [1.29, 1.82) is 0 Å². The number of aliphatic hydroxyl groups excluding tert-OH is 1. The van der Waals surface area contributed by atoms with Crippen molar-refractivity contribution < 1.29 is 14.7 Å². The van der Waals surface area contributed by atoms with Gasteiger partial charge in [0.05, 0.1) is 18.4 Å². The van der Waals surface area contributed by atoms with Gasteiger partial charge in [0, 0.05) is 23.1 Å². The molecule has 0 aromatic carbocycles. The zero-order chi connectivity index (χ0) is 19.3. The molecule has 2 aliphatic heterocycles. The summed E-state index contributed by atoms with van der Waals surface area (Å²) in [4.78, 5) is 14.4. The fourth-order valence-electron chi connectivity index (χ4n) is 3.78. The lowest BCUT2D eigenvalue weighted by Crippen LogP contribution is -2.51. The molecule has 2 N–H and O–H groups in total. The van der Waals surface area contributed by atoms with Crippen LogP contribution in [0.3, 0.4) is 0 Å². The zero-order valence-electron chi connectivity index (χ0n) is 14.9. The number of aryl methyl sites for hydroxylation is 1. The Bertz CT molecular complexity index is 979. The number of hydrogen-bond acceptors (Lipinski definition) is 8. The summed E-state index contributed by atoms with van der Waals surface area (Å²) >= 11 is 3.43. The van der Waals surface area contributed by atoms with E-state index >= 15 is 0 Å². The SMILES string of the molecule is Cc1nc(C2OC3CNOC3C(n3cccn3)C2O)n(-c2cncc(Br)c2)n1. The van der Waals surface area contributed by atoms with E-state index in [4.69, 9.17) is 9.57 Å². The van der Waals surface area contributed by atoms with Crippen molar-refractivity contribution >= 4 is 15.9 Å². The van der Waals surface area contributed by atoms with Gasteiger partial charge in [-0.2, -0.15) is 15.7 Å². The van der Waals surface area contributed by atoms with Crippen molar-refractivity contribution in [2.75, 3.05) is 6.54 Å². The smallest absolute Gasteiger partial charge is 0.164 e. The third-order valence-electron chi connectivity index (χ3n) is 4.95. The van der Waals surface area contributed by atoms with E-state index in [0.717, 1.165) is 10.2 Å². The summed E-state index contributed by atoms with van der Waals surface area (Å²) in [6, 6.07) is 3.27. The van der Waals surface area contributed by atoms with Crippen molar-refractivity contribution in [1.82, 2.24) is 35.0 Å². The van der Waals surface area contributed by atoms with E-state index in [1.165, 1.54) is 0 Å². The third-order valence-corrected chi connectivity index (χ3v) is 5.38. The number of fused-ring (bicyclic) bond motifs is 1. The van der Waals surface area contributed by atoms with Crippen molar-refractivity contribution in [2.24, 2.45) is 0 Å². The Balaban J connectivity index is 1.58. The van der Waals surface area contributed by atoms with E-state index in [1.807, 2.05) is 18.3 Å². The lowest BCUT2D eigenvalue weighted by molar-refractivity contribution is -0.188. The van der Waals surface area contributed by atoms with Crippen LogP contribution in [0.15, 0.2) is 41.4 Å². The molecule has 5 rings (SSSR count). The number of rotatable bonds is 3. The van der Waals surface area contributed by atoms with E-state index in [-0.39, 0.29) is 12.2 Å². The van der Waals surface area contributed by atoms with Crippen LogP contribution >= 0.6 is 15.9 Å². The lowest BCUT2D eigenvalue weighted by Gasteiger charge is -2.40. The fourth-order valence-corrected chi connectivity index (χ4v) is 4.13. The fraction of sp³-hybridized carbons (Fsp3) is 0.412. The molecule has 0 aliphatic carbocycles. The zero-order valence-corrected chi connectivity index (χ0v) is 16.5. The molecule has 146 valence electrons. The Morgan fingerprint density at radius 3 is 3.04 bits per heavy atom. The third kappa shape index (κ3) is 2.95. The molecule has 0 saturated carbocycles. The Morgan fingerprint density at radius 2 is 2.25 bits per heavy atom. The summed E-state index contributed by atoms with van der Waals surface area (Å²) in [5, 5.41) is 20.0. The summed E-state index contributed by atoms with van der Waals surface area (Å²) in [6.07, 6.45) is 4.59. The number of hydrogen-bond donors (Lipinski definition) is 2. The highest BCUT2D eigenvalue weighted by Gasteiger charge is 2.51. The molecule has 5 heterocycles. The molecular formula is C17H18BrN7O3. The molecule has 3 aromatic heterocycles. The second-order valence-electron chi connectivity index (χ2n) is 6.78. The van der Waals surface area contributed by atoms with Crippen molar-refractivity contribution in [3.05, 3.63) is 53.0 Å². The second-order valence-corrected chi connectivity index (χ2v) is 7.70. The van der Waals surface area contributed by atoms with Gasteiger partial charge in [-0.15, -0.1) is 0 Å². The van der Waals surface area contributed by atoms with Gasteiger partial charge in [-0.1, -0.05) is 0 Å². The van der Waals surface area contributed by atoms with Crippen LogP contribution in [-0.2, 0) is 9.57 Å². The minimum atomic E-state index is -0.941. The molecule has 5 unspecified atom stereocenters. The first-order chi connectivity index (χ1) is 13.6. The average molecular weight is 448 g/mol. The first kappa shape index (κ1) is 17.9. The predicted octanol–water partition coefficient (Wildman–Crippen LogP) is 0.875.